The number of nitrogen functional groups attached to an aromatic ring is 1. The van der Waals surface area contributed by atoms with Crippen molar-refractivity contribution >= 4 is 50.6 Å². The van der Waals surface area contributed by atoms with Crippen LogP contribution in [0.2, 0.25) is 5.02 Å². The number of hydrogen-bond acceptors (Lipinski definition) is 7. The highest BCUT2D eigenvalue weighted by molar-refractivity contribution is 7.18. The molecule has 3 aromatic rings. The second-order valence-electron chi connectivity index (χ2n) is 4.73. The number of halogens is 1. The smallest absolute Gasteiger partial charge is 0.258 e. The zero-order valence-corrected chi connectivity index (χ0v) is 14.4. The molecule has 0 saturated carbocycles. The van der Waals surface area contributed by atoms with Gasteiger partial charge in [-0.2, -0.15) is 0 Å². The monoisotopic (exact) mass is 364 g/mol. The number of aromatic nitrogens is 2. The fourth-order valence-corrected chi connectivity index (χ4v) is 3.29. The Morgan fingerprint density at radius 3 is 2.79 bits per heavy atom. The van der Waals surface area contributed by atoms with Gasteiger partial charge >= 0.3 is 0 Å². The van der Waals surface area contributed by atoms with Crippen LogP contribution in [0.1, 0.15) is 10.4 Å². The van der Waals surface area contributed by atoms with E-state index < -0.39 is 0 Å². The molecule has 0 unspecified atom stereocenters. The summed E-state index contributed by atoms with van der Waals surface area (Å²) in [6, 6.07) is 3.24. The number of carbonyl (C=O) groups excluding carboxylic acids is 1. The molecule has 3 N–H and O–H groups in total. The maximum Gasteiger partial charge on any atom is 0.258 e. The molecule has 7 nitrogen and oxygen atoms in total. The van der Waals surface area contributed by atoms with Crippen LogP contribution in [0.15, 0.2) is 23.8 Å². The average Bonchev–Trinajstić information content (AvgIpc) is 3.02. The van der Waals surface area contributed by atoms with Crippen molar-refractivity contribution in [1.82, 2.24) is 9.97 Å². The first-order valence-corrected chi connectivity index (χ1v) is 8.01. The highest BCUT2D eigenvalue weighted by Crippen LogP contribution is 2.37. The van der Waals surface area contributed by atoms with Crippen molar-refractivity contribution in [3.05, 3.63) is 34.4 Å². The average molecular weight is 365 g/mol. The van der Waals surface area contributed by atoms with Crippen LogP contribution in [-0.4, -0.2) is 30.1 Å². The third-order valence-electron chi connectivity index (χ3n) is 3.34. The normalized spacial score (nSPS) is 10.6. The predicted molar refractivity (Wildman–Crippen MR) is 94.3 cm³/mol. The first-order valence-electron chi connectivity index (χ1n) is 6.75. The van der Waals surface area contributed by atoms with Crippen LogP contribution in [0.25, 0.3) is 10.2 Å². The number of nitrogens with zero attached hydrogens (tertiary/aromatic N) is 2. The number of methoxy groups -OCH3 is 2. The van der Waals surface area contributed by atoms with Gasteiger partial charge in [-0.15, -0.1) is 11.3 Å². The van der Waals surface area contributed by atoms with Crippen LogP contribution in [0.3, 0.4) is 0 Å². The molecule has 3 rings (SSSR count). The molecule has 0 fully saturated rings. The highest BCUT2D eigenvalue weighted by Gasteiger charge is 2.18. The van der Waals surface area contributed by atoms with Crippen molar-refractivity contribution < 1.29 is 14.3 Å². The molecule has 0 bridgehead atoms. The van der Waals surface area contributed by atoms with Crippen LogP contribution in [0, 0.1) is 0 Å². The van der Waals surface area contributed by atoms with Crippen LogP contribution in [0.4, 0.5) is 11.5 Å². The largest absolute Gasteiger partial charge is 0.497 e. The van der Waals surface area contributed by atoms with Crippen molar-refractivity contribution in [2.75, 3.05) is 25.3 Å². The summed E-state index contributed by atoms with van der Waals surface area (Å²) >= 11 is 7.55. The van der Waals surface area contributed by atoms with E-state index >= 15 is 0 Å². The Morgan fingerprint density at radius 1 is 1.29 bits per heavy atom. The second-order valence-corrected chi connectivity index (χ2v) is 5.99. The summed E-state index contributed by atoms with van der Waals surface area (Å²) in [5, 5.41) is 4.70. The van der Waals surface area contributed by atoms with E-state index in [1.807, 2.05) is 0 Å². The molecule has 0 saturated heterocycles. The van der Waals surface area contributed by atoms with Crippen molar-refractivity contribution in [2.45, 2.75) is 0 Å². The number of carbonyl (C=O) groups is 1. The van der Waals surface area contributed by atoms with Crippen molar-refractivity contribution in [2.24, 2.45) is 0 Å². The topological polar surface area (TPSA) is 99.4 Å². The number of benzene rings is 1. The molecule has 0 spiro atoms. The van der Waals surface area contributed by atoms with Gasteiger partial charge in [-0.3, -0.25) is 4.79 Å². The highest BCUT2D eigenvalue weighted by atomic mass is 35.5. The van der Waals surface area contributed by atoms with Gasteiger partial charge in [0, 0.05) is 17.5 Å². The molecule has 0 atom stereocenters. The van der Waals surface area contributed by atoms with E-state index in [2.05, 4.69) is 15.3 Å². The van der Waals surface area contributed by atoms with E-state index in [1.165, 1.54) is 31.9 Å². The Bertz CT molecular complexity index is 928. The van der Waals surface area contributed by atoms with Gasteiger partial charge in [0.15, 0.2) is 0 Å². The van der Waals surface area contributed by atoms with E-state index in [0.29, 0.717) is 38.8 Å². The molecular formula is C15H13ClN4O3S. The lowest BCUT2D eigenvalue weighted by atomic mass is 10.2. The summed E-state index contributed by atoms with van der Waals surface area (Å²) in [6.45, 7) is 0. The van der Waals surface area contributed by atoms with Gasteiger partial charge in [0.2, 0.25) is 0 Å². The van der Waals surface area contributed by atoms with Crippen molar-refractivity contribution in [1.29, 1.82) is 0 Å². The van der Waals surface area contributed by atoms with E-state index in [4.69, 9.17) is 26.8 Å². The number of thiophene rings is 1. The minimum absolute atomic E-state index is 0.278. The standard InChI is InChI=1S/C15H13ClN4O3S/c1-22-7-3-9(11(16)10(4-7)23-2)20-15(21)8-5-24-13-12(8)18-6-19-14(13)17/h3-6H,1-2H3,(H,20,21)(H2,17,18,19). The van der Waals surface area contributed by atoms with Gasteiger partial charge in [0.05, 0.1) is 35.7 Å². The molecule has 0 aliphatic carbocycles. The Hall–Kier alpha value is -2.58. The number of ether oxygens (including phenoxy) is 2. The van der Waals surface area contributed by atoms with Crippen LogP contribution < -0.4 is 20.5 Å². The maximum atomic E-state index is 12.6. The Labute approximate surface area is 146 Å². The SMILES string of the molecule is COc1cc(NC(=O)c2csc3c(N)ncnc23)c(Cl)c(OC)c1. The predicted octanol–water partition coefficient (Wildman–Crippen LogP) is 3.20. The van der Waals surface area contributed by atoms with Gasteiger partial charge in [-0.1, -0.05) is 11.6 Å². The molecule has 2 heterocycles. The van der Waals surface area contributed by atoms with E-state index in [0.717, 1.165) is 0 Å². The fraction of sp³-hybridized carbons (Fsp3) is 0.133. The van der Waals surface area contributed by atoms with E-state index in [1.54, 1.807) is 17.5 Å². The van der Waals surface area contributed by atoms with Gasteiger partial charge in [0.25, 0.3) is 5.91 Å². The van der Waals surface area contributed by atoms with E-state index in [9.17, 15) is 4.79 Å². The lowest BCUT2D eigenvalue weighted by Crippen LogP contribution is -2.12. The number of anilines is 2. The molecule has 0 aliphatic heterocycles. The Morgan fingerprint density at radius 2 is 2.08 bits per heavy atom. The number of fused-ring (bicyclic) bond motifs is 1. The zero-order valence-electron chi connectivity index (χ0n) is 12.8. The lowest BCUT2D eigenvalue weighted by molar-refractivity contribution is 0.102. The summed E-state index contributed by atoms with van der Waals surface area (Å²) in [6.07, 6.45) is 1.32. The quantitative estimate of drug-likeness (QED) is 0.737. The van der Waals surface area contributed by atoms with E-state index in [-0.39, 0.29) is 10.9 Å². The summed E-state index contributed by atoms with van der Waals surface area (Å²) in [4.78, 5) is 20.7. The molecule has 24 heavy (non-hydrogen) atoms. The van der Waals surface area contributed by atoms with Gasteiger partial charge in [0.1, 0.15) is 28.7 Å². The number of nitrogens with one attached hydrogen (secondary N) is 1. The summed E-state index contributed by atoms with van der Waals surface area (Å²) in [5.41, 5.74) is 7.06. The molecule has 9 heteroatoms. The third-order valence-corrected chi connectivity index (χ3v) is 4.72. The first-order chi connectivity index (χ1) is 11.5. The molecule has 2 aromatic heterocycles. The van der Waals surface area contributed by atoms with Gasteiger partial charge in [-0.25, -0.2) is 9.97 Å². The molecule has 124 valence electrons. The number of rotatable bonds is 4. The molecular weight excluding hydrogens is 352 g/mol. The summed E-state index contributed by atoms with van der Waals surface area (Å²) in [7, 11) is 3.00. The summed E-state index contributed by atoms with van der Waals surface area (Å²) in [5.74, 6) is 0.878. The Balaban J connectivity index is 1.99. The minimum atomic E-state index is -0.364. The number of nitrogens with two attached hydrogens (primary N) is 1. The molecule has 1 aromatic carbocycles. The fourth-order valence-electron chi connectivity index (χ4n) is 2.15. The Kier molecular flexibility index (Phi) is 4.41. The number of hydrogen-bond donors (Lipinski definition) is 2. The summed E-state index contributed by atoms with van der Waals surface area (Å²) < 4.78 is 11.0. The number of amides is 1. The molecule has 1 amide bonds. The molecule has 0 aliphatic rings. The third kappa shape index (κ3) is 2.81. The van der Waals surface area contributed by atoms with Crippen molar-refractivity contribution in [3.63, 3.8) is 0 Å². The minimum Gasteiger partial charge on any atom is -0.497 e. The maximum absolute atomic E-state index is 12.6. The zero-order chi connectivity index (χ0) is 17.3. The lowest BCUT2D eigenvalue weighted by Gasteiger charge is -2.12. The molecule has 0 radical (unpaired) electrons. The van der Waals surface area contributed by atoms with Crippen molar-refractivity contribution in [3.8, 4) is 11.5 Å². The van der Waals surface area contributed by atoms with Crippen LogP contribution in [0.5, 0.6) is 11.5 Å². The van der Waals surface area contributed by atoms with Crippen LogP contribution in [-0.2, 0) is 0 Å². The van der Waals surface area contributed by atoms with Crippen LogP contribution >= 0.6 is 22.9 Å². The first kappa shape index (κ1) is 16.3. The van der Waals surface area contributed by atoms with Gasteiger partial charge in [-0.05, 0) is 0 Å². The van der Waals surface area contributed by atoms with Gasteiger partial charge < -0.3 is 20.5 Å². The second kappa shape index (κ2) is 6.50.